The van der Waals surface area contributed by atoms with Crippen molar-refractivity contribution in [2.75, 3.05) is 6.54 Å². The van der Waals surface area contributed by atoms with Crippen molar-refractivity contribution < 1.29 is 22.9 Å². The first-order valence-corrected chi connectivity index (χ1v) is 12.6. The maximum absolute atomic E-state index is 13.1. The second-order valence-corrected chi connectivity index (χ2v) is 10.7. The molecule has 1 atom stereocenters. The van der Waals surface area contributed by atoms with Gasteiger partial charge in [0.25, 0.3) is 11.6 Å². The molecule has 34 heavy (non-hydrogen) atoms. The van der Waals surface area contributed by atoms with Crippen molar-refractivity contribution in [2.24, 2.45) is 0 Å². The molecule has 0 fully saturated rings. The third-order valence-electron chi connectivity index (χ3n) is 5.06. The molecule has 1 aromatic heterocycles. The van der Waals surface area contributed by atoms with E-state index in [2.05, 4.69) is 15.1 Å². The van der Waals surface area contributed by atoms with E-state index in [1.807, 2.05) is 34.6 Å². The van der Waals surface area contributed by atoms with Crippen LogP contribution in [-0.2, 0) is 15.6 Å². The Morgan fingerprint density at radius 2 is 1.94 bits per heavy atom. The Balaban J connectivity index is 2.67. The van der Waals surface area contributed by atoms with Gasteiger partial charge >= 0.3 is 0 Å². The van der Waals surface area contributed by atoms with Crippen molar-refractivity contribution in [3.8, 4) is 11.6 Å². The Kier molecular flexibility index (Phi) is 8.43. The van der Waals surface area contributed by atoms with Crippen LogP contribution < -0.4 is 14.8 Å². The molecule has 1 amide bonds. The van der Waals surface area contributed by atoms with Crippen molar-refractivity contribution in [3.63, 3.8) is 0 Å². The second-order valence-electron chi connectivity index (χ2n) is 9.04. The minimum atomic E-state index is -4.15. The number of carbonyl (C=O) groups is 1. The van der Waals surface area contributed by atoms with Crippen LogP contribution >= 0.6 is 0 Å². The Hall–Kier alpha value is -2.99. The normalized spacial score (nSPS) is 12.9. The molecular formula is C22H33N5O6S. The molecule has 2 N–H and O–H groups in total. The standard InChI is InChI=1S/C22H33N5O6S/c1-8-12-23-20(28)19-15(4)21(26(24-19)22(5,6)7)33-17-11-10-16(27(29)30)13-18(17)34(31,32)25-14(3)9-2/h10-11,13-14,25H,8-9,12H2,1-7H3,(H,23,28)/t14-/m1/s1. The number of amides is 1. The molecule has 1 heterocycles. The van der Waals surface area contributed by atoms with Crippen LogP contribution in [0.4, 0.5) is 5.69 Å². The molecule has 0 unspecified atom stereocenters. The highest BCUT2D eigenvalue weighted by Crippen LogP contribution is 2.36. The van der Waals surface area contributed by atoms with Crippen LogP contribution in [0.25, 0.3) is 0 Å². The van der Waals surface area contributed by atoms with Gasteiger partial charge in [0.05, 0.1) is 10.5 Å². The van der Waals surface area contributed by atoms with Crippen molar-refractivity contribution in [1.29, 1.82) is 0 Å². The summed E-state index contributed by atoms with van der Waals surface area (Å²) in [5, 5.41) is 18.5. The molecular weight excluding hydrogens is 462 g/mol. The van der Waals surface area contributed by atoms with Gasteiger partial charge in [-0.3, -0.25) is 14.9 Å². The lowest BCUT2D eigenvalue weighted by Crippen LogP contribution is -2.32. The van der Waals surface area contributed by atoms with Crippen LogP contribution in [0.15, 0.2) is 23.1 Å². The number of ether oxygens (including phenoxy) is 1. The summed E-state index contributed by atoms with van der Waals surface area (Å²) in [7, 11) is -4.15. The minimum Gasteiger partial charge on any atom is -0.438 e. The summed E-state index contributed by atoms with van der Waals surface area (Å²) in [4.78, 5) is 22.9. The zero-order valence-electron chi connectivity index (χ0n) is 20.6. The van der Waals surface area contributed by atoms with Gasteiger partial charge < -0.3 is 10.1 Å². The van der Waals surface area contributed by atoms with Gasteiger partial charge in [-0.1, -0.05) is 13.8 Å². The van der Waals surface area contributed by atoms with E-state index < -0.39 is 32.2 Å². The fourth-order valence-electron chi connectivity index (χ4n) is 3.01. The Morgan fingerprint density at radius 3 is 2.47 bits per heavy atom. The summed E-state index contributed by atoms with van der Waals surface area (Å²) < 4.78 is 36.2. The lowest BCUT2D eigenvalue weighted by molar-refractivity contribution is -0.385. The molecule has 0 saturated carbocycles. The molecule has 1 aromatic carbocycles. The fraction of sp³-hybridized carbons (Fsp3) is 0.545. The molecule has 0 spiro atoms. The lowest BCUT2D eigenvalue weighted by Gasteiger charge is -2.23. The average molecular weight is 496 g/mol. The first-order valence-electron chi connectivity index (χ1n) is 11.1. The van der Waals surface area contributed by atoms with Gasteiger partial charge in [-0.15, -0.1) is 0 Å². The Bertz CT molecular complexity index is 1170. The van der Waals surface area contributed by atoms with Gasteiger partial charge in [0.2, 0.25) is 15.9 Å². The number of rotatable bonds is 10. The predicted molar refractivity (Wildman–Crippen MR) is 128 cm³/mol. The van der Waals surface area contributed by atoms with E-state index in [9.17, 15) is 23.3 Å². The Labute approximate surface area is 200 Å². The number of nitro benzene ring substituents is 1. The predicted octanol–water partition coefficient (Wildman–Crippen LogP) is 3.86. The monoisotopic (exact) mass is 495 g/mol. The molecule has 0 saturated heterocycles. The van der Waals surface area contributed by atoms with E-state index >= 15 is 0 Å². The molecule has 2 aromatic rings. The quantitative estimate of drug-likeness (QED) is 0.376. The van der Waals surface area contributed by atoms with Gasteiger partial charge in [0.1, 0.15) is 10.6 Å². The molecule has 0 radical (unpaired) electrons. The summed E-state index contributed by atoms with van der Waals surface area (Å²) >= 11 is 0. The summed E-state index contributed by atoms with van der Waals surface area (Å²) in [6.45, 7) is 13.1. The highest BCUT2D eigenvalue weighted by atomic mass is 32.2. The lowest BCUT2D eigenvalue weighted by atomic mass is 10.1. The molecule has 0 bridgehead atoms. The summed E-state index contributed by atoms with van der Waals surface area (Å²) in [6, 6.07) is 2.97. The molecule has 0 aliphatic heterocycles. The first kappa shape index (κ1) is 27.3. The smallest absolute Gasteiger partial charge is 0.272 e. The minimum absolute atomic E-state index is 0.115. The summed E-state index contributed by atoms with van der Waals surface area (Å²) in [5.41, 5.74) is -0.432. The average Bonchev–Trinajstić information content (AvgIpc) is 3.08. The third-order valence-corrected chi connectivity index (χ3v) is 6.67. The largest absolute Gasteiger partial charge is 0.438 e. The topological polar surface area (TPSA) is 145 Å². The van der Waals surface area contributed by atoms with E-state index in [1.165, 1.54) is 16.8 Å². The molecule has 0 aliphatic carbocycles. The molecule has 2 rings (SSSR count). The third kappa shape index (κ3) is 6.11. The highest BCUT2D eigenvalue weighted by Gasteiger charge is 2.30. The summed E-state index contributed by atoms with van der Waals surface area (Å²) in [5.74, 6) is -0.319. The molecule has 0 aliphatic rings. The number of aromatic nitrogens is 2. The number of hydrogen-bond acceptors (Lipinski definition) is 7. The van der Waals surface area contributed by atoms with E-state index in [1.54, 1.807) is 13.8 Å². The number of nitrogens with zero attached hydrogens (tertiary/aromatic N) is 3. The fourth-order valence-corrected chi connectivity index (χ4v) is 4.49. The maximum atomic E-state index is 13.1. The van der Waals surface area contributed by atoms with Crippen LogP contribution in [0.1, 0.15) is 70.4 Å². The van der Waals surface area contributed by atoms with Crippen molar-refractivity contribution >= 4 is 21.6 Å². The van der Waals surface area contributed by atoms with Crippen LogP contribution in [0, 0.1) is 17.0 Å². The highest BCUT2D eigenvalue weighted by molar-refractivity contribution is 7.89. The molecule has 11 nitrogen and oxygen atoms in total. The number of benzene rings is 1. The van der Waals surface area contributed by atoms with Crippen LogP contribution in [0.2, 0.25) is 0 Å². The van der Waals surface area contributed by atoms with Crippen LogP contribution in [-0.4, -0.2) is 41.6 Å². The van der Waals surface area contributed by atoms with E-state index in [0.717, 1.165) is 12.5 Å². The number of nitrogens with one attached hydrogen (secondary N) is 2. The van der Waals surface area contributed by atoms with E-state index in [-0.39, 0.29) is 28.1 Å². The van der Waals surface area contributed by atoms with Gasteiger partial charge in [0.15, 0.2) is 5.69 Å². The van der Waals surface area contributed by atoms with Crippen molar-refractivity contribution in [2.45, 2.75) is 77.8 Å². The van der Waals surface area contributed by atoms with Gasteiger partial charge in [-0.25, -0.2) is 17.8 Å². The number of nitro groups is 1. The number of sulfonamides is 1. The van der Waals surface area contributed by atoms with Crippen molar-refractivity contribution in [3.05, 3.63) is 39.6 Å². The zero-order valence-corrected chi connectivity index (χ0v) is 21.4. The van der Waals surface area contributed by atoms with E-state index in [0.29, 0.717) is 18.5 Å². The maximum Gasteiger partial charge on any atom is 0.272 e. The SMILES string of the molecule is CCCNC(=O)c1nn(C(C)(C)C)c(Oc2ccc([N+](=O)[O-])cc2S(=O)(=O)N[C@H](C)CC)c1C. The van der Waals surface area contributed by atoms with E-state index in [4.69, 9.17) is 4.74 Å². The van der Waals surface area contributed by atoms with Crippen LogP contribution in [0.3, 0.4) is 0 Å². The van der Waals surface area contributed by atoms with Gasteiger partial charge in [-0.2, -0.15) is 5.10 Å². The van der Waals surface area contributed by atoms with Gasteiger partial charge in [0, 0.05) is 30.3 Å². The number of hydrogen-bond donors (Lipinski definition) is 2. The second kappa shape index (κ2) is 10.5. The molecule has 188 valence electrons. The van der Waals surface area contributed by atoms with Gasteiger partial charge in [-0.05, 0) is 53.5 Å². The number of carbonyl (C=O) groups excluding carboxylic acids is 1. The molecule has 12 heteroatoms. The summed E-state index contributed by atoms with van der Waals surface area (Å²) in [6.07, 6.45) is 1.28. The Morgan fingerprint density at radius 1 is 1.29 bits per heavy atom. The number of non-ortho nitro benzene ring substituents is 1. The van der Waals surface area contributed by atoms with Crippen molar-refractivity contribution in [1.82, 2.24) is 19.8 Å². The van der Waals surface area contributed by atoms with Crippen LogP contribution in [0.5, 0.6) is 11.6 Å². The first-order chi connectivity index (χ1) is 15.7. The zero-order chi connectivity index (χ0) is 25.8.